The Morgan fingerprint density at radius 1 is 0.458 bits per heavy atom. The van der Waals surface area contributed by atoms with Gasteiger partial charge in [-0.25, -0.2) is 24.6 Å². The average Bonchev–Trinajstić information content (AvgIpc) is 1.71. The summed E-state index contributed by atoms with van der Waals surface area (Å²) in [7, 11) is 4.37. The summed E-state index contributed by atoms with van der Waals surface area (Å²) in [5.41, 5.74) is 29.5. The number of amides is 1. The first-order valence-corrected chi connectivity index (χ1v) is 48.2. The minimum Gasteiger partial charge on any atom is -0.619 e. The lowest BCUT2D eigenvalue weighted by molar-refractivity contribution is -0.605. The van der Waals surface area contributed by atoms with Crippen LogP contribution in [0.1, 0.15) is 147 Å². The molecule has 0 spiro atoms. The molecule has 1 fully saturated rings. The molecule has 0 radical (unpaired) electrons. The fourth-order valence-corrected chi connectivity index (χ4v) is 13.0. The number of hydrogen-bond donors (Lipinski definition) is 1. The lowest BCUT2D eigenvalue weighted by Gasteiger charge is -1.99. The third kappa shape index (κ3) is 47.0. The first-order chi connectivity index (χ1) is 68.8. The molecular formula is C105H115BrClN31O4S2. The molecular weight excluding hydrogens is 1940 g/mol. The van der Waals surface area contributed by atoms with E-state index in [1.165, 1.54) is 81.6 Å². The van der Waals surface area contributed by atoms with E-state index in [1.54, 1.807) is 174 Å². The van der Waals surface area contributed by atoms with Gasteiger partial charge in [-0.15, -0.1) is 37.3 Å². The first-order valence-electron chi connectivity index (χ1n) is 44.2. The number of ketones is 1. The Balaban J connectivity index is 0.000000238. The predicted molar refractivity (Wildman–Crippen MR) is 563 cm³/mol. The van der Waals surface area contributed by atoms with Gasteiger partial charge in [-0.3, -0.25) is 68.6 Å². The van der Waals surface area contributed by atoms with E-state index in [2.05, 4.69) is 174 Å². The monoisotopic (exact) mass is 2050 g/mol. The van der Waals surface area contributed by atoms with Gasteiger partial charge in [0.15, 0.2) is 24.0 Å². The number of aromatic nitrogens is 28. The zero-order valence-electron chi connectivity index (χ0n) is 84.2. The van der Waals surface area contributed by atoms with E-state index in [9.17, 15) is 19.0 Å². The van der Waals surface area contributed by atoms with Crippen LogP contribution in [-0.2, 0) is 31.9 Å². The van der Waals surface area contributed by atoms with E-state index in [0.29, 0.717) is 39.2 Å². The lowest BCUT2D eigenvalue weighted by atomic mass is 10.1. The molecule has 19 rings (SSSR count). The molecule has 0 aromatic carbocycles. The summed E-state index contributed by atoms with van der Waals surface area (Å²) in [4.78, 5) is 85.9. The third-order valence-electron chi connectivity index (χ3n) is 18.4. The van der Waals surface area contributed by atoms with Crippen molar-refractivity contribution in [2.24, 2.45) is 26.9 Å². The van der Waals surface area contributed by atoms with Crippen LogP contribution in [0.2, 0.25) is 5.02 Å². The molecule has 1 unspecified atom stereocenters. The maximum atomic E-state index is 10.9. The highest BCUT2D eigenvalue weighted by Crippen LogP contribution is 2.38. The van der Waals surface area contributed by atoms with Crippen LogP contribution in [0.15, 0.2) is 291 Å². The molecule has 144 heavy (non-hydrogen) atoms. The maximum absolute atomic E-state index is 10.9. The van der Waals surface area contributed by atoms with Crippen molar-refractivity contribution in [3.05, 3.63) is 403 Å². The second-order valence-corrected chi connectivity index (χ2v) is 35.8. The van der Waals surface area contributed by atoms with Crippen LogP contribution in [0.3, 0.4) is 0 Å². The van der Waals surface area contributed by atoms with Gasteiger partial charge in [0.25, 0.3) is 0 Å². The van der Waals surface area contributed by atoms with Crippen molar-refractivity contribution in [1.82, 2.24) is 135 Å². The average molecular weight is 2050 g/mol. The van der Waals surface area contributed by atoms with Crippen LogP contribution in [0.25, 0.3) is 45.3 Å². The third-order valence-corrected chi connectivity index (χ3v) is 20.6. The Morgan fingerprint density at radius 3 is 1.26 bits per heavy atom. The molecule has 1 aliphatic carbocycles. The minimum atomic E-state index is -0.902. The fraction of sp³-hybridized carbons (Fsp3) is 0.229. The van der Waals surface area contributed by atoms with Crippen molar-refractivity contribution in [1.29, 1.82) is 10.5 Å². The number of primary amides is 1. The predicted octanol–water partition coefficient (Wildman–Crippen LogP) is 18.8. The molecule has 18 heterocycles. The molecule has 0 aliphatic heterocycles. The molecule has 1 atom stereocenters. The molecule has 1 saturated carbocycles. The Hall–Kier alpha value is -16.4. The lowest BCUT2D eigenvalue weighted by Crippen LogP contribution is -2.23. The fourth-order valence-electron chi connectivity index (χ4n) is 11.3. The molecule has 2 N–H and O–H groups in total. The van der Waals surface area contributed by atoms with Gasteiger partial charge in [0.05, 0.1) is 40.4 Å². The smallest absolute Gasteiger partial charge is 0.250 e. The first kappa shape index (κ1) is 116. The second-order valence-electron chi connectivity index (χ2n) is 32.2. The van der Waals surface area contributed by atoms with Gasteiger partial charge in [0.2, 0.25) is 17.6 Å². The van der Waals surface area contributed by atoms with Crippen LogP contribution in [0.5, 0.6) is 0 Å². The number of thioether (sulfide) groups is 1. The minimum absolute atomic E-state index is 0.0659. The zero-order valence-corrected chi connectivity index (χ0v) is 88.1. The normalized spacial score (nSPS) is 10.4. The number of pyridine rings is 14. The molecule has 1 amide bonds. The van der Waals surface area contributed by atoms with Gasteiger partial charge in [-0.1, -0.05) is 29.8 Å². The summed E-state index contributed by atoms with van der Waals surface area (Å²) in [5.74, 6) is 2.38. The quantitative estimate of drug-likeness (QED) is 0.0607. The summed E-state index contributed by atoms with van der Waals surface area (Å²) >= 11 is 10.6. The molecule has 35 nitrogen and oxygen atoms in total. The van der Waals surface area contributed by atoms with Crippen molar-refractivity contribution in [3.8, 4) is 57.4 Å². The Bertz CT molecular complexity index is 6740. The Kier molecular flexibility index (Phi) is 51.1. The highest BCUT2D eigenvalue weighted by molar-refractivity contribution is 9.10. The number of aryl methyl sites for hydroxylation is 18. The van der Waals surface area contributed by atoms with E-state index < -0.39 is 16.7 Å². The van der Waals surface area contributed by atoms with Crippen molar-refractivity contribution in [3.63, 3.8) is 0 Å². The summed E-state index contributed by atoms with van der Waals surface area (Å²) < 4.78 is 14.3. The van der Waals surface area contributed by atoms with E-state index in [4.69, 9.17) is 27.9 Å². The summed E-state index contributed by atoms with van der Waals surface area (Å²) in [6.07, 6.45) is 54.5. The molecule has 1 aliphatic rings. The molecule has 0 saturated heterocycles. The summed E-state index contributed by atoms with van der Waals surface area (Å²) in [5, 5.41) is 62.6. The van der Waals surface area contributed by atoms with Crippen molar-refractivity contribution in [2.75, 3.05) is 12.5 Å². The molecule has 18 aromatic heterocycles. The molecule has 18 aromatic rings. The SMILES string of the molecule is CC(=O)c1cncc(C)c1.CSc1cncc(C)c1.Cc1ccc(C#N)nc1.Cc1ccc(C2CC2)nc1.Cc1ccc[n+]([O-])c1.Cc1cnc(C#N)c(C)c1.Cc1cncc(-c2cncnc2)c1.Cc1cncc(-c2nnn(C)n2)c1.Cc1cncc(-c2nnn(C)n2)c1.Cc1cncc(-c2nnnn2C)c1.Cc1cncc(Br)c1.Cc1cncc(C(N)=O)c1.Cc1cncc(Cl)c1.Cc1cncc(S(C)=O)c1. The van der Waals surface area contributed by atoms with Crippen molar-refractivity contribution >= 4 is 61.8 Å². The summed E-state index contributed by atoms with van der Waals surface area (Å²) in [6, 6.07) is 36.8. The van der Waals surface area contributed by atoms with Crippen LogP contribution in [0, 0.1) is 132 Å². The highest BCUT2D eigenvalue weighted by Gasteiger charge is 2.24. The number of hydrogen-bond acceptors (Lipinski definition) is 31. The van der Waals surface area contributed by atoms with Gasteiger partial charge in [-0.2, -0.15) is 24.8 Å². The maximum Gasteiger partial charge on any atom is 0.250 e. The van der Waals surface area contributed by atoms with Crippen molar-refractivity contribution < 1.29 is 18.5 Å². The molecule has 39 heteroatoms. The standard InChI is InChI=1S/C10H9N3.C9H11N.3C8H9N5.C8H8N2.C8H9NO.C7H8N2O.C7H6N2.C7H9NOS.C7H9NS.C6H6BrN.C6H6ClN.C6H7NO/c1-8-2-9(4-11-3-8)10-5-12-7-13-6-10;1-7-2-5-9(10-6-7)8-3-4-8;1-6-3-7(5-9-4-6)8-10-11-12-13(8)2;2*1-6-3-7(5-9-4-6)8-10-12-13(2)11-8;1-6-3-7(2)8(4-9)10-5-6;1-6-3-8(7(2)10)5-9-4-6;1-5-2-6(7(8)10)4-9-3-5;1-6-2-3-7(4-8)9-5-6;1-6-3-7(10(2)9)5-8-4-6;1-6-3-7(9-2)5-8-4-6;2*1-5-2-6(7)4-8-3-5;1-6-3-2-4-7(8)5-6/h2-7H,1H3;2,5-6,8H,3-4H2,1H3;3*3-5H,1-2H3;3,5H,1-2H3;3-5H,1-2H3;2-4H,1H3,(H2,8,10);2-3,5H,1H3;3-5H,1-2H3;3-5H,1-2H3;2*2-4H,1H3;2-5H,1H3. The Morgan fingerprint density at radius 2 is 0.903 bits per heavy atom. The van der Waals surface area contributed by atoms with Gasteiger partial charge < -0.3 is 10.9 Å². The van der Waals surface area contributed by atoms with E-state index >= 15 is 0 Å². The van der Waals surface area contributed by atoms with Gasteiger partial charge in [0.1, 0.15) is 29.9 Å². The number of carbonyl (C=O) groups is 2. The van der Waals surface area contributed by atoms with Crippen LogP contribution in [-0.4, -0.2) is 164 Å². The largest absolute Gasteiger partial charge is 0.619 e. The van der Waals surface area contributed by atoms with Crippen LogP contribution in [0.4, 0.5) is 0 Å². The van der Waals surface area contributed by atoms with E-state index in [-0.39, 0.29) is 5.78 Å². The van der Waals surface area contributed by atoms with Crippen molar-refractivity contribution in [2.45, 2.75) is 139 Å². The van der Waals surface area contributed by atoms with Gasteiger partial charge in [-0.05, 0) is 323 Å². The van der Waals surface area contributed by atoms with Crippen LogP contribution < -0.4 is 10.5 Å². The molecule has 0 bridgehead atoms. The van der Waals surface area contributed by atoms with E-state index in [0.717, 1.165) is 120 Å². The molecule has 740 valence electrons. The number of nitrogens with zero attached hydrogens (tertiary/aromatic N) is 30. The zero-order chi connectivity index (χ0) is 105. The van der Waals surface area contributed by atoms with Gasteiger partial charge >= 0.3 is 0 Å². The number of carbonyl (C=O) groups excluding carboxylic acids is 2. The number of halogens is 2. The van der Waals surface area contributed by atoms with Gasteiger partial charge in [0, 0.05) is 234 Å². The number of nitriles is 2. The second kappa shape index (κ2) is 63.3. The number of Topliss-reactive ketones (excluding diaryl/α,β-unsaturated/α-hetero) is 1. The van der Waals surface area contributed by atoms with Crippen LogP contribution >= 0.6 is 39.3 Å². The summed E-state index contributed by atoms with van der Waals surface area (Å²) in [6.45, 7) is 31.0. The van der Waals surface area contributed by atoms with E-state index in [1.807, 2.05) is 207 Å². The number of nitrogens with two attached hydrogens (primary N) is 1. The number of rotatable bonds is 9. The Labute approximate surface area is 859 Å². The number of tetrazole rings is 3. The topological polar surface area (TPSA) is 476 Å². The highest BCUT2D eigenvalue weighted by atomic mass is 79.9.